The summed E-state index contributed by atoms with van der Waals surface area (Å²) < 4.78 is 0. The Balaban J connectivity index is 0. The van der Waals surface area contributed by atoms with E-state index in [4.69, 9.17) is 71.5 Å². The molecule has 8 atom stereocenters. The lowest BCUT2D eigenvalue weighted by atomic mass is 10.0. The van der Waals surface area contributed by atoms with E-state index in [1.54, 1.807) is 0 Å². The van der Waals surface area contributed by atoms with E-state index in [1.807, 2.05) is 0 Å². The van der Waals surface area contributed by atoms with Gasteiger partial charge in [-0.05, 0) is 12.1 Å². The van der Waals surface area contributed by atoms with Crippen molar-refractivity contribution in [3.63, 3.8) is 0 Å². The number of rotatable bonds is 12. The van der Waals surface area contributed by atoms with Crippen LogP contribution in [0, 0.1) is 0 Å². The van der Waals surface area contributed by atoms with Gasteiger partial charge in [-0.25, -0.2) is 9.59 Å². The minimum Gasteiger partial charge on any atom is -0.478 e. The Hall–Kier alpha value is -2.32. The molecule has 0 fully saturated rings. The average molecular weight is 530 g/mol. The zero-order valence-corrected chi connectivity index (χ0v) is 18.8. The number of aliphatic hydroxyl groups excluding tert-OH is 12. The number of hydrogen-bond donors (Lipinski definition) is 14. The first-order valence-electron chi connectivity index (χ1n) is 10.1. The summed E-state index contributed by atoms with van der Waals surface area (Å²) in [5.74, 6) is -2.46. The molecule has 0 aromatic heterocycles. The highest BCUT2D eigenvalue weighted by atomic mass is 16.4. The Morgan fingerprint density at radius 1 is 0.500 bits per heavy atom. The first-order chi connectivity index (χ1) is 16.7. The standard InChI is InChI=1S/C8H6O4.2C6H14O6/c9-7(10)5-3-1-2-4-6(5)8(11)12;2*7-1-3(9)5(11)6(12)4(10)2-8/h1-4H,(H,9,10)(H,11,12);2*3-12H,1-2H2/t;2*3-,4+,5-,6-/m.11/s1. The highest BCUT2D eigenvalue weighted by Crippen LogP contribution is 2.08. The zero-order chi connectivity index (χ0) is 28.6. The average Bonchev–Trinajstić information content (AvgIpc) is 2.89. The van der Waals surface area contributed by atoms with Gasteiger partial charge in [0, 0.05) is 0 Å². The van der Waals surface area contributed by atoms with Gasteiger partial charge in [0.25, 0.3) is 0 Å². The van der Waals surface area contributed by atoms with Gasteiger partial charge in [-0.1, -0.05) is 12.1 Å². The van der Waals surface area contributed by atoms with Crippen molar-refractivity contribution in [2.24, 2.45) is 0 Å². The van der Waals surface area contributed by atoms with Crippen LogP contribution in [0.3, 0.4) is 0 Å². The summed E-state index contributed by atoms with van der Waals surface area (Å²) in [5.41, 5.74) is -0.380. The molecular weight excluding hydrogens is 496 g/mol. The molecule has 0 radical (unpaired) electrons. The van der Waals surface area contributed by atoms with Crippen LogP contribution in [-0.4, -0.2) is 159 Å². The first-order valence-corrected chi connectivity index (χ1v) is 10.1. The first kappa shape index (κ1) is 35.8. The second-order valence-corrected chi connectivity index (χ2v) is 7.12. The predicted molar refractivity (Wildman–Crippen MR) is 117 cm³/mol. The predicted octanol–water partition coefficient (Wildman–Crippen LogP) is -6.09. The van der Waals surface area contributed by atoms with E-state index >= 15 is 0 Å². The molecule has 0 saturated heterocycles. The summed E-state index contributed by atoms with van der Waals surface area (Å²) in [5, 5.41) is 121. The molecule has 0 amide bonds. The third kappa shape index (κ3) is 12.6. The van der Waals surface area contributed by atoms with Crippen LogP contribution in [0.25, 0.3) is 0 Å². The minimum atomic E-state index is -1.67. The van der Waals surface area contributed by atoms with Crippen LogP contribution in [-0.2, 0) is 0 Å². The molecule has 0 bridgehead atoms. The molecule has 0 spiro atoms. The largest absolute Gasteiger partial charge is 0.478 e. The molecular formula is C20H34O16. The normalized spacial score (nSPS) is 17.4. The second kappa shape index (κ2) is 18.9. The van der Waals surface area contributed by atoms with Crippen LogP contribution in [0.15, 0.2) is 24.3 Å². The topological polar surface area (TPSA) is 317 Å². The smallest absolute Gasteiger partial charge is 0.336 e. The maximum Gasteiger partial charge on any atom is 0.336 e. The van der Waals surface area contributed by atoms with Crippen molar-refractivity contribution in [2.75, 3.05) is 26.4 Å². The summed E-state index contributed by atoms with van der Waals surface area (Å²) in [4.78, 5) is 20.9. The molecule has 1 aromatic carbocycles. The van der Waals surface area contributed by atoms with Gasteiger partial charge < -0.3 is 71.5 Å². The van der Waals surface area contributed by atoms with Gasteiger partial charge in [0.1, 0.15) is 48.8 Å². The molecule has 0 saturated carbocycles. The van der Waals surface area contributed by atoms with Crippen molar-refractivity contribution in [1.29, 1.82) is 0 Å². The lowest BCUT2D eigenvalue weighted by Gasteiger charge is -2.24. The van der Waals surface area contributed by atoms with Gasteiger partial charge in [-0.3, -0.25) is 0 Å². The van der Waals surface area contributed by atoms with Gasteiger partial charge >= 0.3 is 11.9 Å². The van der Waals surface area contributed by atoms with Gasteiger partial charge in [0.05, 0.1) is 37.6 Å². The Kier molecular flexibility index (Phi) is 18.8. The summed E-state index contributed by atoms with van der Waals surface area (Å²) in [6, 6.07) is 5.48. The van der Waals surface area contributed by atoms with Gasteiger partial charge in [-0.2, -0.15) is 0 Å². The SMILES string of the molecule is O=C(O)c1ccccc1C(=O)O.OC[C@@H](O)[C@@H](O)[C@H](O)[C@@H](O)CO.OC[C@@H](O)[C@@H](O)[C@H](O)[C@@H](O)CO. The molecule has 14 N–H and O–H groups in total. The van der Waals surface area contributed by atoms with E-state index < -0.39 is 87.2 Å². The van der Waals surface area contributed by atoms with E-state index in [0.29, 0.717) is 0 Å². The molecule has 0 aliphatic carbocycles. The third-order valence-electron chi connectivity index (χ3n) is 4.41. The fourth-order valence-corrected chi connectivity index (χ4v) is 2.20. The van der Waals surface area contributed by atoms with Crippen molar-refractivity contribution in [1.82, 2.24) is 0 Å². The van der Waals surface area contributed by atoms with Gasteiger partial charge in [-0.15, -0.1) is 0 Å². The van der Waals surface area contributed by atoms with Crippen LogP contribution in [0.1, 0.15) is 20.7 Å². The summed E-state index contributed by atoms with van der Waals surface area (Å²) in [6.45, 7) is -2.90. The molecule has 16 nitrogen and oxygen atoms in total. The van der Waals surface area contributed by atoms with Gasteiger partial charge in [0.2, 0.25) is 0 Å². The lowest BCUT2D eigenvalue weighted by molar-refractivity contribution is -0.123. The Labute approximate surface area is 204 Å². The van der Waals surface area contributed by atoms with Crippen LogP contribution >= 0.6 is 0 Å². The van der Waals surface area contributed by atoms with Gasteiger partial charge in [0.15, 0.2) is 0 Å². The van der Waals surface area contributed by atoms with Crippen LogP contribution in [0.2, 0.25) is 0 Å². The molecule has 36 heavy (non-hydrogen) atoms. The highest BCUT2D eigenvalue weighted by Gasteiger charge is 2.30. The maximum absolute atomic E-state index is 10.5. The van der Waals surface area contributed by atoms with Crippen molar-refractivity contribution < 1.29 is 81.1 Å². The highest BCUT2D eigenvalue weighted by molar-refractivity contribution is 6.01. The molecule has 0 unspecified atom stereocenters. The maximum atomic E-state index is 10.5. The molecule has 16 heteroatoms. The number of carboxylic acid groups (broad SMARTS) is 2. The fraction of sp³-hybridized carbons (Fsp3) is 0.600. The van der Waals surface area contributed by atoms with Crippen LogP contribution < -0.4 is 0 Å². The number of aromatic carboxylic acids is 2. The van der Waals surface area contributed by atoms with Crippen molar-refractivity contribution >= 4 is 11.9 Å². The van der Waals surface area contributed by atoms with Crippen LogP contribution in [0.4, 0.5) is 0 Å². The number of aliphatic hydroxyl groups is 12. The molecule has 0 aliphatic rings. The second-order valence-electron chi connectivity index (χ2n) is 7.12. The number of benzene rings is 1. The van der Waals surface area contributed by atoms with E-state index in [9.17, 15) is 9.59 Å². The Morgan fingerprint density at radius 2 is 0.694 bits per heavy atom. The van der Waals surface area contributed by atoms with E-state index in [1.165, 1.54) is 24.3 Å². The van der Waals surface area contributed by atoms with E-state index in [2.05, 4.69) is 0 Å². The van der Waals surface area contributed by atoms with Crippen LogP contribution in [0.5, 0.6) is 0 Å². The molecule has 210 valence electrons. The van der Waals surface area contributed by atoms with Crippen molar-refractivity contribution in [3.8, 4) is 0 Å². The monoisotopic (exact) mass is 530 g/mol. The summed E-state index contributed by atoms with van der Waals surface area (Å²) >= 11 is 0. The van der Waals surface area contributed by atoms with E-state index in [0.717, 1.165) is 0 Å². The molecule has 0 aliphatic heterocycles. The Morgan fingerprint density at radius 3 is 0.833 bits per heavy atom. The molecule has 0 heterocycles. The fourth-order valence-electron chi connectivity index (χ4n) is 2.20. The lowest BCUT2D eigenvalue weighted by Crippen LogP contribution is -2.46. The number of carboxylic acids is 2. The summed E-state index contributed by atoms with van der Waals surface area (Å²) in [6.07, 6.45) is -12.8. The third-order valence-corrected chi connectivity index (χ3v) is 4.41. The number of hydrogen-bond acceptors (Lipinski definition) is 14. The minimum absolute atomic E-state index is 0.190. The van der Waals surface area contributed by atoms with E-state index in [-0.39, 0.29) is 11.1 Å². The number of carbonyl (C=O) groups is 2. The van der Waals surface area contributed by atoms with Crippen molar-refractivity contribution in [3.05, 3.63) is 35.4 Å². The summed E-state index contributed by atoms with van der Waals surface area (Å²) in [7, 11) is 0. The quantitative estimate of drug-likeness (QED) is 0.119. The molecule has 1 rings (SSSR count). The zero-order valence-electron chi connectivity index (χ0n) is 18.8. The Bertz CT molecular complexity index is 657. The molecule has 1 aromatic rings. The van der Waals surface area contributed by atoms with Crippen molar-refractivity contribution in [2.45, 2.75) is 48.8 Å².